The molecule has 0 spiro atoms. The third-order valence-corrected chi connectivity index (χ3v) is 6.65. The summed E-state index contributed by atoms with van der Waals surface area (Å²) in [5, 5.41) is 3.76. The van der Waals surface area contributed by atoms with E-state index in [0.29, 0.717) is 39.5 Å². The summed E-state index contributed by atoms with van der Waals surface area (Å²) in [6, 6.07) is 15.1. The largest absolute Gasteiger partial charge is 0.491 e. The lowest BCUT2D eigenvalue weighted by Gasteiger charge is -2.49. The number of rotatable bonds is 0. The number of ether oxygens (including phenoxy) is 3. The lowest BCUT2D eigenvalue weighted by molar-refractivity contribution is -0.145. The van der Waals surface area contributed by atoms with E-state index in [1.165, 1.54) is 0 Å². The van der Waals surface area contributed by atoms with Crippen LogP contribution in [0.3, 0.4) is 0 Å². The smallest absolute Gasteiger partial charge is 0.219 e. The Hall–Kier alpha value is -2.90. The monoisotopic (exact) mass is 436 g/mol. The first-order valence-electron chi connectivity index (χ1n) is 11.2. The van der Waals surface area contributed by atoms with Crippen molar-refractivity contribution in [3.8, 4) is 11.5 Å². The standard InChI is InChI=1S/C25H28N2O5/c1-16(28)27-14-19-23-17-6-2-4-8-21(17)31-12-10-30-11-13-32-22-9-5-3-7-18(22)24(26-23)20(15-27)25(19)29/h2-9,19-20,23-24,26H,10-15H2,1H3/t19-,20+,23-,24+. The van der Waals surface area contributed by atoms with Crippen LogP contribution in [0, 0.1) is 11.8 Å². The lowest BCUT2D eigenvalue weighted by Crippen LogP contribution is -2.60. The molecule has 4 bridgehead atoms. The fourth-order valence-electron chi connectivity index (χ4n) is 5.10. The van der Waals surface area contributed by atoms with E-state index in [0.717, 1.165) is 22.6 Å². The van der Waals surface area contributed by atoms with Crippen LogP contribution in [-0.4, -0.2) is 56.1 Å². The summed E-state index contributed by atoms with van der Waals surface area (Å²) in [6.45, 7) is 4.10. The summed E-state index contributed by atoms with van der Waals surface area (Å²) in [6.07, 6.45) is 0. The Balaban J connectivity index is 1.63. The summed E-state index contributed by atoms with van der Waals surface area (Å²) in [4.78, 5) is 27.8. The van der Waals surface area contributed by atoms with Crippen molar-refractivity contribution in [1.29, 1.82) is 0 Å². The molecular formula is C25H28N2O5. The zero-order valence-electron chi connectivity index (χ0n) is 18.2. The van der Waals surface area contributed by atoms with Gasteiger partial charge in [0.25, 0.3) is 0 Å². The molecule has 7 heteroatoms. The van der Waals surface area contributed by atoms with Gasteiger partial charge in [-0.05, 0) is 12.1 Å². The van der Waals surface area contributed by atoms with Gasteiger partial charge in [-0.15, -0.1) is 0 Å². The van der Waals surface area contributed by atoms with Crippen molar-refractivity contribution < 1.29 is 23.8 Å². The highest BCUT2D eigenvalue weighted by atomic mass is 16.5. The molecule has 5 rings (SSSR count). The number of ketones is 1. The molecule has 7 nitrogen and oxygen atoms in total. The predicted octanol–water partition coefficient (Wildman–Crippen LogP) is 2.52. The molecule has 2 aromatic rings. The third kappa shape index (κ3) is 3.87. The fraction of sp³-hybridized carbons (Fsp3) is 0.440. The molecule has 32 heavy (non-hydrogen) atoms. The number of carbonyl (C=O) groups is 2. The molecule has 2 saturated heterocycles. The molecule has 1 N–H and O–H groups in total. The number of amides is 1. The minimum Gasteiger partial charge on any atom is -0.491 e. The van der Waals surface area contributed by atoms with Gasteiger partial charge < -0.3 is 24.4 Å². The third-order valence-electron chi connectivity index (χ3n) is 6.65. The van der Waals surface area contributed by atoms with Crippen molar-refractivity contribution in [2.24, 2.45) is 11.8 Å². The van der Waals surface area contributed by atoms with E-state index in [4.69, 9.17) is 14.2 Å². The van der Waals surface area contributed by atoms with E-state index >= 15 is 0 Å². The molecule has 0 aromatic heterocycles. The van der Waals surface area contributed by atoms with Crippen molar-refractivity contribution >= 4 is 11.7 Å². The van der Waals surface area contributed by atoms with Gasteiger partial charge >= 0.3 is 0 Å². The molecular weight excluding hydrogens is 408 g/mol. The number of carbonyl (C=O) groups excluding carboxylic acids is 2. The minimum atomic E-state index is -0.337. The molecule has 2 aromatic carbocycles. The van der Waals surface area contributed by atoms with E-state index < -0.39 is 0 Å². The van der Waals surface area contributed by atoms with Gasteiger partial charge in [0.1, 0.15) is 30.5 Å². The summed E-state index contributed by atoms with van der Waals surface area (Å²) in [5.74, 6) is 0.982. The number of nitrogens with zero attached hydrogens (tertiary/aromatic N) is 1. The molecule has 0 unspecified atom stereocenters. The second-order valence-electron chi connectivity index (χ2n) is 8.55. The van der Waals surface area contributed by atoms with Crippen molar-refractivity contribution in [3.05, 3.63) is 59.7 Å². The molecule has 3 heterocycles. The summed E-state index contributed by atoms with van der Waals surface area (Å²) >= 11 is 0. The van der Waals surface area contributed by atoms with Gasteiger partial charge in [-0.3, -0.25) is 9.59 Å². The van der Waals surface area contributed by atoms with Gasteiger partial charge in [0, 0.05) is 43.2 Å². The number of para-hydroxylation sites is 2. The average Bonchev–Trinajstić information content (AvgIpc) is 2.79. The number of piperidine rings is 2. The van der Waals surface area contributed by atoms with E-state index in [9.17, 15) is 9.59 Å². The van der Waals surface area contributed by atoms with E-state index in [1.807, 2.05) is 53.4 Å². The lowest BCUT2D eigenvalue weighted by atomic mass is 9.71. The Kier molecular flexibility index (Phi) is 5.85. The van der Waals surface area contributed by atoms with Crippen molar-refractivity contribution in [1.82, 2.24) is 10.2 Å². The second kappa shape index (κ2) is 8.92. The van der Waals surface area contributed by atoms with Crippen LogP contribution in [0.15, 0.2) is 48.5 Å². The first kappa shape index (κ1) is 21.0. The van der Waals surface area contributed by atoms with Crippen LogP contribution >= 0.6 is 0 Å². The number of hydrogen-bond donors (Lipinski definition) is 1. The number of benzene rings is 2. The Morgan fingerprint density at radius 2 is 1.34 bits per heavy atom. The maximum atomic E-state index is 13.7. The van der Waals surface area contributed by atoms with Gasteiger partial charge in [0.2, 0.25) is 5.91 Å². The Morgan fingerprint density at radius 3 is 1.84 bits per heavy atom. The van der Waals surface area contributed by atoms with E-state index in [2.05, 4.69) is 5.32 Å². The van der Waals surface area contributed by atoms with Crippen molar-refractivity contribution in [2.45, 2.75) is 19.0 Å². The Bertz CT molecular complexity index is 940. The minimum absolute atomic E-state index is 0.00692. The molecule has 0 saturated carbocycles. The maximum absolute atomic E-state index is 13.7. The quantitative estimate of drug-likeness (QED) is 0.684. The summed E-state index contributed by atoms with van der Waals surface area (Å²) in [5.41, 5.74) is 1.85. The van der Waals surface area contributed by atoms with Crippen LogP contribution in [0.1, 0.15) is 30.1 Å². The zero-order valence-corrected chi connectivity index (χ0v) is 18.2. The molecule has 3 aliphatic rings. The molecule has 168 valence electrons. The average molecular weight is 437 g/mol. The van der Waals surface area contributed by atoms with Crippen LogP contribution in [0.5, 0.6) is 11.5 Å². The number of hydrogen-bond acceptors (Lipinski definition) is 6. The Labute approximate surface area is 187 Å². The van der Waals surface area contributed by atoms with Crippen molar-refractivity contribution in [3.63, 3.8) is 0 Å². The second-order valence-corrected chi connectivity index (χ2v) is 8.55. The van der Waals surface area contributed by atoms with E-state index in [-0.39, 0.29) is 35.6 Å². The van der Waals surface area contributed by atoms with Gasteiger partial charge in [-0.2, -0.15) is 0 Å². The molecule has 0 radical (unpaired) electrons. The molecule has 3 aliphatic heterocycles. The van der Waals surface area contributed by atoms with Crippen LogP contribution in [0.2, 0.25) is 0 Å². The first-order chi connectivity index (χ1) is 15.6. The maximum Gasteiger partial charge on any atom is 0.219 e. The van der Waals surface area contributed by atoms with Crippen molar-refractivity contribution in [2.75, 3.05) is 39.5 Å². The molecule has 4 atom stereocenters. The number of nitrogens with one attached hydrogen (secondary N) is 1. The SMILES string of the molecule is CC(=O)N1C[C@@H]2C(=O)[C@H](C1)[C@@H]1N[C@H]2c2ccccc2OCCOCCOc2ccccc21. The topological polar surface area (TPSA) is 77.1 Å². The molecule has 0 aliphatic carbocycles. The fourth-order valence-corrected chi connectivity index (χ4v) is 5.10. The van der Waals surface area contributed by atoms with Crippen LogP contribution < -0.4 is 14.8 Å². The molecule has 1 amide bonds. The van der Waals surface area contributed by atoms with Gasteiger partial charge in [0.05, 0.1) is 25.0 Å². The predicted molar refractivity (Wildman–Crippen MR) is 118 cm³/mol. The normalized spacial score (nSPS) is 27.8. The van der Waals surface area contributed by atoms with Crippen LogP contribution in [0.4, 0.5) is 0 Å². The number of likely N-dealkylation sites (tertiary alicyclic amines) is 1. The van der Waals surface area contributed by atoms with Gasteiger partial charge in [0.15, 0.2) is 0 Å². The first-order valence-corrected chi connectivity index (χ1v) is 11.2. The molecule has 2 fully saturated rings. The van der Waals surface area contributed by atoms with Gasteiger partial charge in [-0.1, -0.05) is 36.4 Å². The highest BCUT2D eigenvalue weighted by molar-refractivity contribution is 5.89. The van der Waals surface area contributed by atoms with Crippen LogP contribution in [0.25, 0.3) is 0 Å². The highest BCUT2D eigenvalue weighted by Gasteiger charge is 2.50. The number of Topliss-reactive ketones (excluding diaryl/α,β-unsaturated/α-hetero) is 1. The van der Waals surface area contributed by atoms with Gasteiger partial charge in [-0.25, -0.2) is 0 Å². The summed E-state index contributed by atoms with van der Waals surface area (Å²) in [7, 11) is 0. The highest BCUT2D eigenvalue weighted by Crippen LogP contribution is 2.45. The Morgan fingerprint density at radius 1 is 0.844 bits per heavy atom. The van der Waals surface area contributed by atoms with Crippen LogP contribution in [-0.2, 0) is 14.3 Å². The summed E-state index contributed by atoms with van der Waals surface area (Å²) < 4.78 is 17.8. The number of fused-ring (bicyclic) bond motifs is 10. The zero-order chi connectivity index (χ0) is 22.1. The van der Waals surface area contributed by atoms with E-state index in [1.54, 1.807) is 6.92 Å².